The molecule has 0 aromatic rings. The summed E-state index contributed by atoms with van der Waals surface area (Å²) < 4.78 is 0. The molecule has 0 bridgehead atoms. The number of nitriles is 1. The van der Waals surface area contributed by atoms with E-state index in [1.807, 2.05) is 0 Å². The molecular formula is C7H7N. The van der Waals surface area contributed by atoms with Gasteiger partial charge in [-0.15, -0.1) is 6.42 Å². The van der Waals surface area contributed by atoms with E-state index in [0.717, 1.165) is 19.3 Å². The topological polar surface area (TPSA) is 23.8 Å². The van der Waals surface area contributed by atoms with Crippen LogP contribution in [0.4, 0.5) is 0 Å². The van der Waals surface area contributed by atoms with Crippen molar-refractivity contribution in [2.45, 2.75) is 19.3 Å². The number of nitrogens with zero attached hydrogens (tertiary/aromatic N) is 1. The molecule has 1 rings (SSSR count). The predicted molar refractivity (Wildman–Crippen MR) is 30.7 cm³/mol. The Morgan fingerprint density at radius 2 is 2.12 bits per heavy atom. The Balaban J connectivity index is 2.66. The van der Waals surface area contributed by atoms with Crippen molar-refractivity contribution in [3.8, 4) is 18.4 Å². The third kappa shape index (κ3) is 0.486. The van der Waals surface area contributed by atoms with Crippen LogP contribution >= 0.6 is 0 Å². The molecule has 0 spiro atoms. The van der Waals surface area contributed by atoms with Gasteiger partial charge >= 0.3 is 0 Å². The highest BCUT2D eigenvalue weighted by atomic mass is 14.4. The van der Waals surface area contributed by atoms with Gasteiger partial charge in [-0.25, -0.2) is 0 Å². The molecule has 0 amide bonds. The molecule has 0 atom stereocenters. The average molecular weight is 105 g/mol. The van der Waals surface area contributed by atoms with Crippen molar-refractivity contribution >= 4 is 0 Å². The van der Waals surface area contributed by atoms with Crippen molar-refractivity contribution < 1.29 is 0 Å². The van der Waals surface area contributed by atoms with E-state index in [4.69, 9.17) is 11.7 Å². The minimum Gasteiger partial charge on any atom is -0.197 e. The molecule has 0 aromatic carbocycles. The summed E-state index contributed by atoms with van der Waals surface area (Å²) in [7, 11) is 0. The molecule has 1 saturated carbocycles. The van der Waals surface area contributed by atoms with Gasteiger partial charge in [0.2, 0.25) is 0 Å². The third-order valence-electron chi connectivity index (χ3n) is 1.70. The first-order chi connectivity index (χ1) is 3.83. The quantitative estimate of drug-likeness (QED) is 0.426. The second-order valence-corrected chi connectivity index (χ2v) is 2.19. The van der Waals surface area contributed by atoms with Gasteiger partial charge in [-0.1, -0.05) is 5.92 Å². The summed E-state index contributed by atoms with van der Waals surface area (Å²) >= 11 is 0. The van der Waals surface area contributed by atoms with E-state index in [2.05, 4.69) is 12.0 Å². The monoisotopic (exact) mass is 105 g/mol. The molecule has 0 saturated heterocycles. The van der Waals surface area contributed by atoms with Gasteiger partial charge in [0.05, 0.1) is 6.07 Å². The van der Waals surface area contributed by atoms with Gasteiger partial charge in [0, 0.05) is 0 Å². The van der Waals surface area contributed by atoms with Gasteiger partial charge in [0.25, 0.3) is 0 Å². The van der Waals surface area contributed by atoms with Crippen LogP contribution in [-0.2, 0) is 0 Å². The van der Waals surface area contributed by atoms with Gasteiger partial charge in [0.15, 0.2) is 0 Å². The molecule has 0 aliphatic heterocycles. The van der Waals surface area contributed by atoms with Crippen LogP contribution in [0.2, 0.25) is 0 Å². The van der Waals surface area contributed by atoms with Crippen LogP contribution in [0.25, 0.3) is 0 Å². The SMILES string of the molecule is C#CC1(C#N)CCC1. The Hall–Kier alpha value is -0.950. The van der Waals surface area contributed by atoms with Gasteiger partial charge in [0.1, 0.15) is 5.41 Å². The number of hydrogen-bond donors (Lipinski definition) is 0. The lowest BCUT2D eigenvalue weighted by Crippen LogP contribution is -2.24. The summed E-state index contributed by atoms with van der Waals surface area (Å²) in [5.74, 6) is 2.50. The molecule has 0 unspecified atom stereocenters. The van der Waals surface area contributed by atoms with Gasteiger partial charge in [-0.2, -0.15) is 5.26 Å². The lowest BCUT2D eigenvalue weighted by molar-refractivity contribution is 0.303. The van der Waals surface area contributed by atoms with Gasteiger partial charge < -0.3 is 0 Å². The van der Waals surface area contributed by atoms with E-state index in [1.54, 1.807) is 0 Å². The first-order valence-corrected chi connectivity index (χ1v) is 2.72. The van der Waals surface area contributed by atoms with E-state index in [-0.39, 0.29) is 5.41 Å². The standard InChI is InChI=1S/C7H7N/c1-2-7(6-8)4-3-5-7/h1H,3-5H2. The molecule has 0 aromatic heterocycles. The fraction of sp³-hybridized carbons (Fsp3) is 0.571. The van der Waals surface area contributed by atoms with E-state index in [1.165, 1.54) is 0 Å². The second kappa shape index (κ2) is 1.53. The Labute approximate surface area is 49.3 Å². The Bertz CT molecular complexity index is 148. The molecule has 1 aliphatic carbocycles. The molecule has 40 valence electrons. The number of rotatable bonds is 0. The van der Waals surface area contributed by atoms with Crippen molar-refractivity contribution in [1.29, 1.82) is 5.26 Å². The molecule has 1 heteroatoms. The summed E-state index contributed by atoms with van der Waals surface area (Å²) in [6.45, 7) is 0. The third-order valence-corrected chi connectivity index (χ3v) is 1.70. The Kier molecular flexibility index (Phi) is 0.991. The summed E-state index contributed by atoms with van der Waals surface area (Å²) in [5.41, 5.74) is -0.361. The first-order valence-electron chi connectivity index (χ1n) is 2.72. The first kappa shape index (κ1) is 5.19. The fourth-order valence-corrected chi connectivity index (χ4v) is 0.819. The zero-order valence-electron chi connectivity index (χ0n) is 4.65. The Morgan fingerprint density at radius 1 is 1.50 bits per heavy atom. The number of hydrogen-bond acceptors (Lipinski definition) is 1. The molecule has 0 radical (unpaired) electrons. The lowest BCUT2D eigenvalue weighted by Gasteiger charge is -2.28. The summed E-state index contributed by atoms with van der Waals surface area (Å²) in [5, 5.41) is 8.44. The van der Waals surface area contributed by atoms with Crippen LogP contribution in [0.3, 0.4) is 0 Å². The smallest absolute Gasteiger partial charge is 0.117 e. The van der Waals surface area contributed by atoms with Crippen molar-refractivity contribution in [2.75, 3.05) is 0 Å². The maximum absolute atomic E-state index is 8.44. The largest absolute Gasteiger partial charge is 0.197 e. The van der Waals surface area contributed by atoms with Crippen molar-refractivity contribution in [1.82, 2.24) is 0 Å². The van der Waals surface area contributed by atoms with Gasteiger partial charge in [-0.3, -0.25) is 0 Å². The van der Waals surface area contributed by atoms with E-state index in [9.17, 15) is 0 Å². The molecule has 1 fully saturated rings. The molecule has 0 N–H and O–H groups in total. The molecule has 1 nitrogen and oxygen atoms in total. The highest BCUT2D eigenvalue weighted by molar-refractivity contribution is 5.21. The summed E-state index contributed by atoms with van der Waals surface area (Å²) in [6.07, 6.45) is 8.04. The zero-order chi connectivity index (χ0) is 6.04. The van der Waals surface area contributed by atoms with Crippen LogP contribution in [0.5, 0.6) is 0 Å². The van der Waals surface area contributed by atoms with Crippen molar-refractivity contribution in [3.63, 3.8) is 0 Å². The van der Waals surface area contributed by atoms with Crippen LogP contribution in [0.15, 0.2) is 0 Å². The van der Waals surface area contributed by atoms with Crippen LogP contribution in [0, 0.1) is 29.1 Å². The lowest BCUT2D eigenvalue weighted by atomic mass is 9.71. The molecule has 0 heterocycles. The average Bonchev–Trinajstić information content (AvgIpc) is 1.67. The normalized spacial score (nSPS) is 22.2. The number of terminal acetylenes is 1. The Morgan fingerprint density at radius 3 is 2.12 bits per heavy atom. The zero-order valence-corrected chi connectivity index (χ0v) is 4.65. The molecule has 8 heavy (non-hydrogen) atoms. The van der Waals surface area contributed by atoms with Gasteiger partial charge in [-0.05, 0) is 19.3 Å². The van der Waals surface area contributed by atoms with Crippen molar-refractivity contribution in [3.05, 3.63) is 0 Å². The van der Waals surface area contributed by atoms with E-state index >= 15 is 0 Å². The second-order valence-electron chi connectivity index (χ2n) is 2.19. The maximum Gasteiger partial charge on any atom is 0.117 e. The summed E-state index contributed by atoms with van der Waals surface area (Å²) in [6, 6.07) is 2.13. The minimum atomic E-state index is -0.361. The minimum absolute atomic E-state index is 0.361. The maximum atomic E-state index is 8.44. The fourth-order valence-electron chi connectivity index (χ4n) is 0.819. The highest BCUT2D eigenvalue weighted by Gasteiger charge is 2.34. The van der Waals surface area contributed by atoms with Crippen LogP contribution < -0.4 is 0 Å². The van der Waals surface area contributed by atoms with Crippen molar-refractivity contribution in [2.24, 2.45) is 5.41 Å². The summed E-state index contributed by atoms with van der Waals surface area (Å²) in [4.78, 5) is 0. The van der Waals surface area contributed by atoms with Crippen LogP contribution in [-0.4, -0.2) is 0 Å². The highest BCUT2D eigenvalue weighted by Crippen LogP contribution is 2.38. The molecule has 1 aliphatic rings. The predicted octanol–water partition coefficient (Wildman–Crippen LogP) is 1.31. The molecular weight excluding hydrogens is 98.1 g/mol. The van der Waals surface area contributed by atoms with Crippen LogP contribution in [0.1, 0.15) is 19.3 Å². The van der Waals surface area contributed by atoms with E-state index < -0.39 is 0 Å². The van der Waals surface area contributed by atoms with E-state index in [0.29, 0.717) is 0 Å².